The fraction of sp³-hybridized carbons (Fsp3) is 0.154. The summed E-state index contributed by atoms with van der Waals surface area (Å²) in [5.74, 6) is -1.43. The maximum Gasteiger partial charge on any atom is 0.338 e. The Bertz CT molecular complexity index is 686. The Morgan fingerprint density at radius 1 is 1.40 bits per heavy atom. The van der Waals surface area contributed by atoms with Crippen molar-refractivity contribution in [3.8, 4) is 0 Å². The molecule has 2 aromatic rings. The Hall–Kier alpha value is -1.99. The molecule has 0 bridgehead atoms. The smallest absolute Gasteiger partial charge is 0.338 e. The van der Waals surface area contributed by atoms with E-state index in [1.54, 1.807) is 13.0 Å². The number of hydrogen-bond donors (Lipinski definition) is 2. The number of anilines is 1. The molecule has 0 aliphatic rings. The van der Waals surface area contributed by atoms with E-state index >= 15 is 0 Å². The normalized spacial score (nSPS) is 10.9. The molecule has 2 heterocycles. The summed E-state index contributed by atoms with van der Waals surface area (Å²) in [5, 5.41) is 14.7. The van der Waals surface area contributed by atoms with Crippen LogP contribution in [0.25, 0.3) is 6.08 Å². The number of carboxylic acids is 1. The Morgan fingerprint density at radius 2 is 2.15 bits per heavy atom. The standard InChI is InChI=1S/C13H12N2O3S2/c1-7-5-10(13(17)18)12(20-7)15-11(16)4-3-9-6-19-8(2)14-9/h3-6H,1-2H3,(H,15,16)(H,17,18). The molecule has 2 aromatic heterocycles. The van der Waals surface area contributed by atoms with Gasteiger partial charge < -0.3 is 10.4 Å². The van der Waals surface area contributed by atoms with Gasteiger partial charge in [-0.3, -0.25) is 4.79 Å². The van der Waals surface area contributed by atoms with Crippen molar-refractivity contribution in [2.45, 2.75) is 13.8 Å². The molecule has 0 fully saturated rings. The lowest BCUT2D eigenvalue weighted by molar-refractivity contribution is -0.111. The highest BCUT2D eigenvalue weighted by molar-refractivity contribution is 7.16. The first-order valence-corrected chi connectivity index (χ1v) is 7.40. The predicted octanol–water partition coefficient (Wildman–Crippen LogP) is 3.17. The molecule has 0 aliphatic carbocycles. The van der Waals surface area contributed by atoms with Gasteiger partial charge in [-0.2, -0.15) is 0 Å². The molecule has 0 atom stereocenters. The van der Waals surface area contributed by atoms with E-state index in [1.165, 1.54) is 34.8 Å². The summed E-state index contributed by atoms with van der Waals surface area (Å²) in [7, 11) is 0. The lowest BCUT2D eigenvalue weighted by Crippen LogP contribution is -2.09. The number of carbonyl (C=O) groups excluding carboxylic acids is 1. The van der Waals surface area contributed by atoms with Crippen LogP contribution in [0.2, 0.25) is 0 Å². The summed E-state index contributed by atoms with van der Waals surface area (Å²) in [6.45, 7) is 3.68. The van der Waals surface area contributed by atoms with Gasteiger partial charge in [0.05, 0.1) is 16.3 Å². The molecule has 0 spiro atoms. The summed E-state index contributed by atoms with van der Waals surface area (Å²) in [5.41, 5.74) is 0.822. The molecule has 0 aliphatic heterocycles. The summed E-state index contributed by atoms with van der Waals surface area (Å²) < 4.78 is 0. The maximum atomic E-state index is 11.8. The van der Waals surface area contributed by atoms with Gasteiger partial charge in [-0.15, -0.1) is 22.7 Å². The molecule has 0 radical (unpaired) electrons. The average molecular weight is 308 g/mol. The number of thiazole rings is 1. The highest BCUT2D eigenvalue weighted by Gasteiger charge is 2.14. The number of nitrogens with zero attached hydrogens (tertiary/aromatic N) is 1. The second kappa shape index (κ2) is 5.98. The summed E-state index contributed by atoms with van der Waals surface area (Å²) in [4.78, 5) is 27.8. The van der Waals surface area contributed by atoms with Gasteiger partial charge in [0, 0.05) is 16.3 Å². The number of carbonyl (C=O) groups is 2. The number of carboxylic acid groups (broad SMARTS) is 1. The molecule has 104 valence electrons. The fourth-order valence-corrected chi connectivity index (χ4v) is 3.02. The minimum atomic E-state index is -1.05. The number of rotatable bonds is 4. The molecular formula is C13H12N2O3S2. The Labute approximate surface area is 123 Å². The van der Waals surface area contributed by atoms with Crippen LogP contribution in [0.5, 0.6) is 0 Å². The van der Waals surface area contributed by atoms with E-state index in [0.717, 1.165) is 9.88 Å². The van der Waals surface area contributed by atoms with Gasteiger partial charge in [0.2, 0.25) is 5.91 Å². The predicted molar refractivity (Wildman–Crippen MR) is 80.5 cm³/mol. The first-order valence-electron chi connectivity index (χ1n) is 5.70. The van der Waals surface area contributed by atoms with E-state index in [4.69, 9.17) is 5.11 Å². The first-order chi connectivity index (χ1) is 9.45. The minimum absolute atomic E-state index is 0.110. The van der Waals surface area contributed by atoms with E-state index in [9.17, 15) is 9.59 Å². The van der Waals surface area contributed by atoms with Gasteiger partial charge in [0.25, 0.3) is 0 Å². The van der Waals surface area contributed by atoms with Gasteiger partial charge in [0.1, 0.15) is 5.00 Å². The number of aromatic carboxylic acids is 1. The Morgan fingerprint density at radius 3 is 2.75 bits per heavy atom. The zero-order valence-corrected chi connectivity index (χ0v) is 12.5. The first kappa shape index (κ1) is 14.4. The van der Waals surface area contributed by atoms with Crippen LogP contribution >= 0.6 is 22.7 Å². The molecule has 0 saturated heterocycles. The molecule has 20 heavy (non-hydrogen) atoms. The van der Waals surface area contributed by atoms with Crippen LogP contribution in [-0.4, -0.2) is 22.0 Å². The van der Waals surface area contributed by atoms with Crippen LogP contribution in [0, 0.1) is 13.8 Å². The fourth-order valence-electron chi connectivity index (χ4n) is 1.54. The topological polar surface area (TPSA) is 79.3 Å². The molecule has 0 unspecified atom stereocenters. The van der Waals surface area contributed by atoms with Crippen molar-refractivity contribution < 1.29 is 14.7 Å². The highest BCUT2D eigenvalue weighted by atomic mass is 32.1. The summed E-state index contributed by atoms with van der Waals surface area (Å²) >= 11 is 2.74. The molecule has 2 N–H and O–H groups in total. The second-order valence-corrected chi connectivity index (χ2v) is 6.34. The van der Waals surface area contributed by atoms with E-state index in [0.29, 0.717) is 10.7 Å². The van der Waals surface area contributed by atoms with Crippen molar-refractivity contribution in [1.82, 2.24) is 4.98 Å². The number of aromatic nitrogens is 1. The molecule has 5 nitrogen and oxygen atoms in total. The van der Waals surface area contributed by atoms with Gasteiger partial charge in [-0.25, -0.2) is 9.78 Å². The minimum Gasteiger partial charge on any atom is -0.478 e. The van der Waals surface area contributed by atoms with E-state index in [-0.39, 0.29) is 11.5 Å². The zero-order chi connectivity index (χ0) is 14.7. The van der Waals surface area contributed by atoms with Crippen LogP contribution in [0.15, 0.2) is 17.5 Å². The third-order valence-electron chi connectivity index (χ3n) is 2.36. The molecule has 7 heteroatoms. The number of thiophene rings is 1. The largest absolute Gasteiger partial charge is 0.478 e. The number of amides is 1. The zero-order valence-electron chi connectivity index (χ0n) is 10.8. The van der Waals surface area contributed by atoms with Crippen molar-refractivity contribution in [3.05, 3.63) is 38.7 Å². The van der Waals surface area contributed by atoms with Crippen molar-refractivity contribution in [2.24, 2.45) is 0 Å². The van der Waals surface area contributed by atoms with E-state index in [1.807, 2.05) is 12.3 Å². The highest BCUT2D eigenvalue weighted by Crippen LogP contribution is 2.27. The molecular weight excluding hydrogens is 296 g/mol. The monoisotopic (exact) mass is 308 g/mol. The van der Waals surface area contributed by atoms with Crippen molar-refractivity contribution >= 4 is 45.6 Å². The number of nitrogens with one attached hydrogen (secondary N) is 1. The second-order valence-electron chi connectivity index (χ2n) is 4.02. The van der Waals surface area contributed by atoms with Crippen LogP contribution in [0.4, 0.5) is 5.00 Å². The third-order valence-corrected chi connectivity index (χ3v) is 4.12. The van der Waals surface area contributed by atoms with Crippen LogP contribution in [-0.2, 0) is 4.79 Å². The Balaban J connectivity index is 2.08. The molecule has 0 aromatic carbocycles. The van der Waals surface area contributed by atoms with Crippen LogP contribution in [0.1, 0.15) is 25.9 Å². The van der Waals surface area contributed by atoms with Crippen molar-refractivity contribution in [1.29, 1.82) is 0 Å². The van der Waals surface area contributed by atoms with Crippen molar-refractivity contribution in [2.75, 3.05) is 5.32 Å². The third kappa shape index (κ3) is 3.52. The summed E-state index contributed by atoms with van der Waals surface area (Å²) in [6, 6.07) is 1.54. The molecule has 2 rings (SSSR count). The number of hydrogen-bond acceptors (Lipinski definition) is 5. The van der Waals surface area contributed by atoms with Gasteiger partial charge in [-0.05, 0) is 26.0 Å². The molecule has 0 saturated carbocycles. The van der Waals surface area contributed by atoms with Gasteiger partial charge in [-0.1, -0.05) is 0 Å². The van der Waals surface area contributed by atoms with Crippen LogP contribution in [0.3, 0.4) is 0 Å². The van der Waals surface area contributed by atoms with Crippen molar-refractivity contribution in [3.63, 3.8) is 0 Å². The lowest BCUT2D eigenvalue weighted by atomic mass is 10.3. The SMILES string of the molecule is Cc1cc(C(=O)O)c(NC(=O)C=Cc2csc(C)n2)s1. The van der Waals surface area contributed by atoms with Crippen LogP contribution < -0.4 is 5.32 Å². The summed E-state index contributed by atoms with van der Waals surface area (Å²) in [6.07, 6.45) is 2.94. The van der Waals surface area contributed by atoms with E-state index in [2.05, 4.69) is 10.3 Å². The lowest BCUT2D eigenvalue weighted by Gasteiger charge is -1.99. The Kier molecular flexibility index (Phi) is 4.31. The quantitative estimate of drug-likeness (QED) is 0.850. The number of aryl methyl sites for hydroxylation is 2. The maximum absolute atomic E-state index is 11.8. The van der Waals surface area contributed by atoms with Gasteiger partial charge in [0.15, 0.2) is 0 Å². The van der Waals surface area contributed by atoms with E-state index < -0.39 is 5.97 Å². The molecule has 1 amide bonds. The van der Waals surface area contributed by atoms with Gasteiger partial charge >= 0.3 is 5.97 Å². The average Bonchev–Trinajstić information content (AvgIpc) is 2.93.